The van der Waals surface area contributed by atoms with Crippen molar-refractivity contribution in [1.29, 1.82) is 0 Å². The van der Waals surface area contributed by atoms with Gasteiger partial charge in [0.1, 0.15) is 19.3 Å². The lowest BCUT2D eigenvalue weighted by molar-refractivity contribution is -0.161. The number of aliphatic hydroxyl groups excluding tert-OH is 1. The lowest BCUT2D eigenvalue weighted by Crippen LogP contribution is -2.30. The monoisotopic (exact) mass is 1370 g/mol. The van der Waals surface area contributed by atoms with Gasteiger partial charge in [0.05, 0.1) is 26.4 Å². The highest BCUT2D eigenvalue weighted by atomic mass is 31.2. The van der Waals surface area contributed by atoms with E-state index in [1.165, 1.54) is 161 Å². The van der Waals surface area contributed by atoms with Crippen molar-refractivity contribution in [3.05, 3.63) is 0 Å². The predicted molar refractivity (Wildman–Crippen MR) is 377 cm³/mol. The number of rotatable bonds is 71. The standard InChI is InChI=1S/C74H144O17P2/c1-9-66(7)52-44-36-30-32-38-46-54-71(76)84-60-69(90-73(78)56-48-40-28-24-20-18-16-14-12-11-13-15-17-19-22-26-34-42-50-64(3)4)62-88-92(80,81)86-58-68(75)59-87-93(82,83)89-63-70(61-85-72(77)55-47-39-33-31-37-45-53-67(8)10-2)91-74(79)57-49-41-29-25-21-23-27-35-43-51-65(5)6/h64-70,75H,9-63H2,1-8H3,(H,80,81)(H,82,83)/t66?,67?,68-,69-,70-/m1/s1. The van der Waals surface area contributed by atoms with Gasteiger partial charge >= 0.3 is 39.5 Å². The average Bonchev–Trinajstić information content (AvgIpc) is 2.17. The summed E-state index contributed by atoms with van der Waals surface area (Å²) >= 11 is 0. The fourth-order valence-corrected chi connectivity index (χ4v) is 12.7. The van der Waals surface area contributed by atoms with E-state index in [9.17, 15) is 43.2 Å². The van der Waals surface area contributed by atoms with Crippen LogP contribution in [0.4, 0.5) is 0 Å². The highest BCUT2D eigenvalue weighted by Gasteiger charge is 2.30. The second kappa shape index (κ2) is 63.5. The van der Waals surface area contributed by atoms with Crippen LogP contribution in [0.15, 0.2) is 0 Å². The fourth-order valence-electron chi connectivity index (χ4n) is 11.1. The van der Waals surface area contributed by atoms with E-state index < -0.39 is 97.5 Å². The molecule has 93 heavy (non-hydrogen) atoms. The van der Waals surface area contributed by atoms with Gasteiger partial charge in [-0.15, -0.1) is 0 Å². The van der Waals surface area contributed by atoms with E-state index in [0.29, 0.717) is 25.7 Å². The summed E-state index contributed by atoms with van der Waals surface area (Å²) in [6.45, 7) is 14.1. The van der Waals surface area contributed by atoms with Crippen LogP contribution in [0.2, 0.25) is 0 Å². The first-order valence-corrected chi connectivity index (χ1v) is 41.3. The molecule has 0 aliphatic heterocycles. The van der Waals surface area contributed by atoms with Crippen LogP contribution >= 0.6 is 15.6 Å². The molecule has 0 aromatic rings. The molecule has 0 aliphatic rings. The van der Waals surface area contributed by atoms with Gasteiger partial charge in [-0.05, 0) is 49.4 Å². The summed E-state index contributed by atoms with van der Waals surface area (Å²) in [5.41, 5.74) is 0. The van der Waals surface area contributed by atoms with Gasteiger partial charge in [0.25, 0.3) is 0 Å². The third kappa shape index (κ3) is 65.8. The Balaban J connectivity index is 5.18. The van der Waals surface area contributed by atoms with Gasteiger partial charge in [-0.2, -0.15) is 0 Å². The Kier molecular flexibility index (Phi) is 62.2. The summed E-state index contributed by atoms with van der Waals surface area (Å²) in [5, 5.41) is 10.6. The molecule has 0 aliphatic carbocycles. The highest BCUT2D eigenvalue weighted by Crippen LogP contribution is 2.45. The van der Waals surface area contributed by atoms with Gasteiger partial charge < -0.3 is 33.8 Å². The molecule has 3 N–H and O–H groups in total. The maximum atomic E-state index is 13.0. The Morgan fingerprint density at radius 2 is 0.516 bits per heavy atom. The topological polar surface area (TPSA) is 237 Å². The summed E-state index contributed by atoms with van der Waals surface area (Å²) < 4.78 is 68.4. The van der Waals surface area contributed by atoms with E-state index in [-0.39, 0.29) is 25.7 Å². The lowest BCUT2D eigenvalue weighted by atomic mass is 10.00. The number of hydrogen-bond acceptors (Lipinski definition) is 15. The molecular formula is C74H144O17P2. The Morgan fingerprint density at radius 1 is 0.301 bits per heavy atom. The zero-order valence-electron chi connectivity index (χ0n) is 60.9. The lowest BCUT2D eigenvalue weighted by Gasteiger charge is -2.21. The summed E-state index contributed by atoms with van der Waals surface area (Å²) in [6.07, 6.45) is 47.4. The van der Waals surface area contributed by atoms with Crippen LogP contribution in [0.5, 0.6) is 0 Å². The number of esters is 4. The normalized spacial score (nSPS) is 14.8. The first-order chi connectivity index (χ1) is 44.7. The van der Waals surface area contributed by atoms with Crippen LogP contribution < -0.4 is 0 Å². The average molecular weight is 1370 g/mol. The van der Waals surface area contributed by atoms with Crippen LogP contribution in [0, 0.1) is 23.7 Å². The Hall–Kier alpha value is -1.94. The fraction of sp³-hybridized carbons (Fsp3) is 0.946. The number of unbranched alkanes of at least 4 members (excludes halogenated alkanes) is 35. The van der Waals surface area contributed by atoms with Crippen molar-refractivity contribution >= 4 is 39.5 Å². The number of aliphatic hydroxyl groups is 1. The molecule has 0 aromatic heterocycles. The van der Waals surface area contributed by atoms with E-state index in [1.807, 2.05) is 0 Å². The number of phosphoric acid groups is 2. The molecule has 0 fully saturated rings. The second-order valence-corrected chi connectivity index (χ2v) is 31.0. The molecule has 0 heterocycles. The van der Waals surface area contributed by atoms with Crippen LogP contribution in [0.25, 0.3) is 0 Å². The van der Waals surface area contributed by atoms with Crippen LogP contribution in [-0.4, -0.2) is 96.7 Å². The van der Waals surface area contributed by atoms with Crippen molar-refractivity contribution in [1.82, 2.24) is 0 Å². The van der Waals surface area contributed by atoms with E-state index in [4.69, 9.17) is 37.0 Å². The van der Waals surface area contributed by atoms with Crippen molar-refractivity contribution in [2.24, 2.45) is 23.7 Å². The quantitative estimate of drug-likeness (QED) is 0.0222. The molecule has 4 unspecified atom stereocenters. The SMILES string of the molecule is CCC(C)CCCCCCCCC(=O)OC[C@H](COP(=O)(O)OC[C@@H](O)COP(=O)(O)OC[C@@H](COC(=O)CCCCCCCCC(C)CC)OC(=O)CCCCCCCCCCCC(C)C)OC(=O)CCCCCCCCCCCCCCCCCCCCC(C)C. The predicted octanol–water partition coefficient (Wildman–Crippen LogP) is 21.3. The van der Waals surface area contributed by atoms with Gasteiger partial charge in [0.2, 0.25) is 0 Å². The van der Waals surface area contributed by atoms with E-state index in [2.05, 4.69) is 55.4 Å². The minimum atomic E-state index is -4.96. The smallest absolute Gasteiger partial charge is 0.462 e. The zero-order valence-corrected chi connectivity index (χ0v) is 62.7. The molecule has 552 valence electrons. The summed E-state index contributed by atoms with van der Waals surface area (Å²) in [6, 6.07) is 0. The van der Waals surface area contributed by atoms with Gasteiger partial charge in [0.15, 0.2) is 12.2 Å². The maximum Gasteiger partial charge on any atom is 0.472 e. The van der Waals surface area contributed by atoms with Crippen LogP contribution in [-0.2, 0) is 65.4 Å². The minimum absolute atomic E-state index is 0.104. The Bertz CT molecular complexity index is 1840. The molecule has 17 nitrogen and oxygen atoms in total. The van der Waals surface area contributed by atoms with Crippen LogP contribution in [0.3, 0.4) is 0 Å². The molecule has 0 saturated carbocycles. The molecule has 0 saturated heterocycles. The van der Waals surface area contributed by atoms with Crippen molar-refractivity contribution in [2.45, 2.75) is 388 Å². The molecule has 0 spiro atoms. The second-order valence-electron chi connectivity index (χ2n) is 28.1. The molecule has 7 atom stereocenters. The Labute approximate surface area is 568 Å². The van der Waals surface area contributed by atoms with Gasteiger partial charge in [-0.1, -0.05) is 319 Å². The minimum Gasteiger partial charge on any atom is -0.462 e. The molecule has 19 heteroatoms. The number of carbonyl (C=O) groups excluding carboxylic acids is 4. The third-order valence-electron chi connectivity index (χ3n) is 17.8. The van der Waals surface area contributed by atoms with Crippen molar-refractivity contribution in [2.75, 3.05) is 39.6 Å². The highest BCUT2D eigenvalue weighted by molar-refractivity contribution is 7.47. The van der Waals surface area contributed by atoms with Gasteiger partial charge in [-0.3, -0.25) is 37.3 Å². The number of ether oxygens (including phenoxy) is 4. The summed E-state index contributed by atoms with van der Waals surface area (Å²) in [4.78, 5) is 72.6. The third-order valence-corrected chi connectivity index (χ3v) is 19.7. The first kappa shape index (κ1) is 91.1. The molecule has 0 aromatic carbocycles. The largest absolute Gasteiger partial charge is 0.472 e. The summed E-state index contributed by atoms with van der Waals surface area (Å²) in [5.74, 6) is 0.891. The van der Waals surface area contributed by atoms with Crippen LogP contribution in [0.1, 0.15) is 370 Å². The van der Waals surface area contributed by atoms with Gasteiger partial charge in [0, 0.05) is 25.7 Å². The number of hydrogen-bond donors (Lipinski definition) is 3. The zero-order chi connectivity index (χ0) is 68.9. The van der Waals surface area contributed by atoms with Crippen molar-refractivity contribution < 1.29 is 80.2 Å². The maximum absolute atomic E-state index is 13.0. The number of carbonyl (C=O) groups is 4. The molecule has 0 amide bonds. The van der Waals surface area contributed by atoms with Crippen molar-refractivity contribution in [3.8, 4) is 0 Å². The van der Waals surface area contributed by atoms with E-state index in [0.717, 1.165) is 126 Å². The molecule has 0 radical (unpaired) electrons. The van der Waals surface area contributed by atoms with Crippen molar-refractivity contribution in [3.63, 3.8) is 0 Å². The molecule has 0 bridgehead atoms. The molecule has 0 rings (SSSR count). The molecular weight excluding hydrogens is 1220 g/mol. The van der Waals surface area contributed by atoms with E-state index in [1.54, 1.807) is 0 Å². The van der Waals surface area contributed by atoms with Gasteiger partial charge in [-0.25, -0.2) is 9.13 Å². The first-order valence-electron chi connectivity index (χ1n) is 38.3. The number of phosphoric ester groups is 2. The van der Waals surface area contributed by atoms with E-state index >= 15 is 0 Å². The Morgan fingerprint density at radius 3 is 0.763 bits per heavy atom. The summed E-state index contributed by atoms with van der Waals surface area (Å²) in [7, 11) is -9.91.